The number of hydrogen-bond donors (Lipinski definition) is 3. The highest BCUT2D eigenvalue weighted by Crippen LogP contribution is 2.10. The highest BCUT2D eigenvalue weighted by molar-refractivity contribution is 5.86. The van der Waals surface area contributed by atoms with Crippen molar-refractivity contribution in [3.63, 3.8) is 0 Å². The molecule has 112 valence electrons. The van der Waals surface area contributed by atoms with Crippen LogP contribution in [0.5, 0.6) is 5.75 Å². The Bertz CT molecular complexity index is 562. The molecule has 0 bridgehead atoms. The molecule has 0 aliphatic carbocycles. The van der Waals surface area contributed by atoms with E-state index < -0.39 is 11.7 Å². The van der Waals surface area contributed by atoms with Gasteiger partial charge >= 0.3 is 5.97 Å². The summed E-state index contributed by atoms with van der Waals surface area (Å²) in [6, 6.07) is 8.98. The Labute approximate surface area is 123 Å². The number of carbonyl (C=O) groups is 1. The zero-order valence-electron chi connectivity index (χ0n) is 11.7. The van der Waals surface area contributed by atoms with Crippen molar-refractivity contribution < 1.29 is 19.4 Å². The second-order valence-corrected chi connectivity index (χ2v) is 3.90. The number of nitrogens with two attached hydrogens (primary N) is 2. The zero-order valence-corrected chi connectivity index (χ0v) is 11.7. The average Bonchev–Trinajstić information content (AvgIpc) is 2.46. The minimum absolute atomic E-state index is 0.119. The third kappa shape index (κ3) is 6.20. The van der Waals surface area contributed by atoms with Gasteiger partial charge in [-0.15, -0.1) is 0 Å². The number of allylic oxidation sites excluding steroid dienone is 3. The maximum Gasteiger partial charge on any atom is 0.373 e. The molecule has 1 aromatic rings. The Morgan fingerprint density at radius 2 is 1.90 bits per heavy atom. The fourth-order valence-electron chi connectivity index (χ4n) is 1.31. The summed E-state index contributed by atoms with van der Waals surface area (Å²) in [5.74, 6) is -0.718. The van der Waals surface area contributed by atoms with Crippen molar-refractivity contribution in [1.82, 2.24) is 0 Å². The first-order chi connectivity index (χ1) is 10.0. The van der Waals surface area contributed by atoms with E-state index in [1.165, 1.54) is 12.2 Å². The molecule has 0 spiro atoms. The second-order valence-electron chi connectivity index (χ2n) is 3.90. The maximum atomic E-state index is 11.2. The molecule has 0 amide bonds. The van der Waals surface area contributed by atoms with Gasteiger partial charge in [0.15, 0.2) is 5.88 Å². The molecule has 6 nitrogen and oxygen atoms in total. The molecule has 0 aromatic heterocycles. The summed E-state index contributed by atoms with van der Waals surface area (Å²) < 4.78 is 9.92. The predicted octanol–water partition coefficient (Wildman–Crippen LogP) is 1.71. The number of para-hydroxylation sites is 1. The van der Waals surface area contributed by atoms with Crippen molar-refractivity contribution in [3.05, 3.63) is 65.9 Å². The predicted molar refractivity (Wildman–Crippen MR) is 79.0 cm³/mol. The van der Waals surface area contributed by atoms with Crippen LogP contribution < -0.4 is 16.2 Å². The van der Waals surface area contributed by atoms with E-state index in [1.807, 2.05) is 18.2 Å². The lowest BCUT2D eigenvalue weighted by molar-refractivity contribution is -0.141. The van der Waals surface area contributed by atoms with E-state index in [2.05, 4.69) is 4.74 Å². The zero-order chi connectivity index (χ0) is 15.7. The van der Waals surface area contributed by atoms with Crippen molar-refractivity contribution in [2.75, 3.05) is 6.61 Å². The van der Waals surface area contributed by atoms with Crippen LogP contribution in [0.25, 0.3) is 0 Å². The minimum atomic E-state index is -0.841. The lowest BCUT2D eigenvalue weighted by Crippen LogP contribution is -2.09. The van der Waals surface area contributed by atoms with Gasteiger partial charge in [-0.2, -0.15) is 0 Å². The summed E-state index contributed by atoms with van der Waals surface area (Å²) >= 11 is 0. The SMILES string of the molecule is CCOC(=O)/C(O)=C/C(N)=C/C=C(\N)Oc1ccccc1. The van der Waals surface area contributed by atoms with Gasteiger partial charge in [0.2, 0.25) is 5.76 Å². The molecule has 0 aliphatic heterocycles. The van der Waals surface area contributed by atoms with Crippen molar-refractivity contribution in [2.24, 2.45) is 11.5 Å². The smallest absolute Gasteiger partial charge is 0.373 e. The number of aliphatic hydroxyl groups is 1. The number of aliphatic hydroxyl groups excluding tert-OH is 1. The average molecular weight is 290 g/mol. The van der Waals surface area contributed by atoms with Crippen LogP contribution in [0.3, 0.4) is 0 Å². The Kier molecular flexibility index (Phi) is 6.40. The lowest BCUT2D eigenvalue weighted by atomic mass is 10.3. The molecule has 0 fully saturated rings. The molecule has 1 aromatic carbocycles. The summed E-state index contributed by atoms with van der Waals surface area (Å²) in [7, 11) is 0. The first-order valence-electron chi connectivity index (χ1n) is 6.26. The van der Waals surface area contributed by atoms with Crippen LogP contribution in [0.1, 0.15) is 6.92 Å². The molecular formula is C15H18N2O4. The van der Waals surface area contributed by atoms with E-state index in [1.54, 1.807) is 19.1 Å². The fraction of sp³-hybridized carbons (Fsp3) is 0.133. The van der Waals surface area contributed by atoms with Gasteiger partial charge in [-0.1, -0.05) is 18.2 Å². The molecule has 21 heavy (non-hydrogen) atoms. The first-order valence-corrected chi connectivity index (χ1v) is 6.26. The largest absolute Gasteiger partial charge is 0.502 e. The third-order valence-electron chi connectivity index (χ3n) is 2.21. The lowest BCUT2D eigenvalue weighted by Gasteiger charge is -2.04. The van der Waals surface area contributed by atoms with Gasteiger partial charge < -0.3 is 26.0 Å². The van der Waals surface area contributed by atoms with Crippen LogP contribution in [0.2, 0.25) is 0 Å². The van der Waals surface area contributed by atoms with Gasteiger partial charge in [0.05, 0.1) is 6.61 Å². The van der Waals surface area contributed by atoms with Gasteiger partial charge in [0.1, 0.15) is 5.75 Å². The monoisotopic (exact) mass is 290 g/mol. The summed E-state index contributed by atoms with van der Waals surface area (Å²) in [4.78, 5) is 11.2. The number of rotatable bonds is 6. The molecule has 0 radical (unpaired) electrons. The fourth-order valence-corrected chi connectivity index (χ4v) is 1.31. The molecule has 0 saturated carbocycles. The van der Waals surface area contributed by atoms with E-state index in [0.29, 0.717) is 5.75 Å². The Morgan fingerprint density at radius 3 is 2.52 bits per heavy atom. The van der Waals surface area contributed by atoms with Crippen LogP contribution in [-0.4, -0.2) is 17.7 Å². The van der Waals surface area contributed by atoms with Crippen LogP contribution in [0.15, 0.2) is 65.9 Å². The van der Waals surface area contributed by atoms with Crippen molar-refractivity contribution >= 4 is 5.97 Å². The van der Waals surface area contributed by atoms with E-state index in [0.717, 1.165) is 6.08 Å². The molecular weight excluding hydrogens is 272 g/mol. The second kappa shape index (κ2) is 8.31. The van der Waals surface area contributed by atoms with Crippen molar-refractivity contribution in [2.45, 2.75) is 6.92 Å². The molecule has 1 rings (SSSR count). The molecule has 0 unspecified atom stereocenters. The van der Waals surface area contributed by atoms with Crippen LogP contribution >= 0.6 is 0 Å². The molecule has 6 heteroatoms. The first kappa shape index (κ1) is 16.2. The Morgan fingerprint density at radius 1 is 1.24 bits per heavy atom. The summed E-state index contributed by atoms with van der Waals surface area (Å²) in [5, 5.41) is 9.40. The van der Waals surface area contributed by atoms with Crippen LogP contribution in [0, 0.1) is 0 Å². The number of carbonyl (C=O) groups excluding carboxylic acids is 1. The highest BCUT2D eigenvalue weighted by Gasteiger charge is 2.07. The number of hydrogen-bond acceptors (Lipinski definition) is 6. The van der Waals surface area contributed by atoms with Gasteiger partial charge in [-0.3, -0.25) is 0 Å². The molecule has 0 heterocycles. The third-order valence-corrected chi connectivity index (χ3v) is 2.21. The standard InChI is InChI=1S/C15H18N2O4/c1-2-20-15(19)13(18)10-11(16)8-9-14(17)21-12-6-4-3-5-7-12/h3-10,18H,2,16-17H2,1H3/b11-8-,13-10-,14-9+. The number of esters is 1. The van der Waals surface area contributed by atoms with Crippen molar-refractivity contribution in [1.29, 1.82) is 0 Å². The van der Waals surface area contributed by atoms with E-state index in [4.69, 9.17) is 16.2 Å². The van der Waals surface area contributed by atoms with Crippen LogP contribution in [0.4, 0.5) is 0 Å². The quantitative estimate of drug-likeness (QED) is 0.318. The van der Waals surface area contributed by atoms with Crippen molar-refractivity contribution in [3.8, 4) is 5.75 Å². The summed E-state index contributed by atoms with van der Waals surface area (Å²) in [5.41, 5.74) is 11.4. The Balaban J connectivity index is 2.67. The minimum Gasteiger partial charge on any atom is -0.502 e. The highest BCUT2D eigenvalue weighted by atomic mass is 16.5. The molecule has 0 aliphatic rings. The maximum absolute atomic E-state index is 11.2. The summed E-state index contributed by atoms with van der Waals surface area (Å²) in [6.07, 6.45) is 3.88. The van der Waals surface area contributed by atoms with Gasteiger partial charge in [-0.05, 0) is 25.1 Å². The molecule has 0 atom stereocenters. The summed E-state index contributed by atoms with van der Waals surface area (Å²) in [6.45, 7) is 1.80. The van der Waals surface area contributed by atoms with E-state index in [-0.39, 0.29) is 18.2 Å². The van der Waals surface area contributed by atoms with Gasteiger partial charge in [0, 0.05) is 17.8 Å². The van der Waals surface area contributed by atoms with E-state index >= 15 is 0 Å². The Hall–Kier alpha value is -2.89. The van der Waals surface area contributed by atoms with Crippen LogP contribution in [-0.2, 0) is 9.53 Å². The molecule has 5 N–H and O–H groups in total. The van der Waals surface area contributed by atoms with E-state index in [9.17, 15) is 9.90 Å². The number of benzene rings is 1. The van der Waals surface area contributed by atoms with Gasteiger partial charge in [-0.25, -0.2) is 4.79 Å². The van der Waals surface area contributed by atoms with Gasteiger partial charge in [0.25, 0.3) is 0 Å². The molecule has 0 saturated heterocycles. The normalized spacial score (nSPS) is 12.9. The topological polar surface area (TPSA) is 108 Å². The number of ether oxygens (including phenoxy) is 2.